The van der Waals surface area contributed by atoms with Crippen molar-refractivity contribution in [3.63, 3.8) is 0 Å². The van der Waals surface area contributed by atoms with Gasteiger partial charge in [-0.05, 0) is 36.1 Å². The van der Waals surface area contributed by atoms with Gasteiger partial charge < -0.3 is 15.5 Å². The molecule has 0 spiro atoms. The molecule has 3 N–H and O–H groups in total. The summed E-state index contributed by atoms with van der Waals surface area (Å²) in [7, 11) is 0. The fourth-order valence-electron chi connectivity index (χ4n) is 3.93. The molecule has 0 fully saturated rings. The molecule has 0 radical (unpaired) electrons. The van der Waals surface area contributed by atoms with Crippen LogP contribution in [0.5, 0.6) is 0 Å². The molecule has 154 valence electrons. The molecule has 0 bridgehead atoms. The summed E-state index contributed by atoms with van der Waals surface area (Å²) in [6.07, 6.45) is 1.02. The number of fused-ring (bicyclic) bond motifs is 1. The van der Waals surface area contributed by atoms with E-state index in [0.717, 1.165) is 25.1 Å². The van der Waals surface area contributed by atoms with E-state index in [4.69, 9.17) is 0 Å². The first-order chi connectivity index (χ1) is 14.6. The highest BCUT2D eigenvalue weighted by Crippen LogP contribution is 2.19. The molecule has 2 amide bonds. The number of quaternary nitrogens is 1. The lowest BCUT2D eigenvalue weighted by molar-refractivity contribution is -0.945. The fraction of sp³-hybridized carbons (Fsp3) is 0.250. The average molecular weight is 421 g/mol. The Morgan fingerprint density at radius 2 is 1.77 bits per heavy atom. The van der Waals surface area contributed by atoms with Gasteiger partial charge in [-0.2, -0.15) is 0 Å². The lowest BCUT2D eigenvalue weighted by Crippen LogP contribution is -3.12. The first-order valence-corrected chi connectivity index (χ1v) is 11.1. The van der Waals surface area contributed by atoms with Gasteiger partial charge in [-0.1, -0.05) is 48.0 Å². The van der Waals surface area contributed by atoms with Crippen molar-refractivity contribution in [1.82, 2.24) is 5.32 Å². The third-order valence-electron chi connectivity index (χ3n) is 5.61. The molecule has 4 rings (SSSR count). The Morgan fingerprint density at radius 1 is 1.00 bits per heavy atom. The minimum Gasteiger partial charge on any atom is -0.341 e. The number of nitrogens with one attached hydrogen (secondary N) is 3. The summed E-state index contributed by atoms with van der Waals surface area (Å²) < 4.78 is 0. The number of rotatable bonds is 5. The van der Waals surface area contributed by atoms with E-state index in [9.17, 15) is 9.59 Å². The Hall–Kier alpha value is -2.96. The molecule has 0 saturated carbocycles. The maximum absolute atomic E-state index is 12.4. The zero-order valence-electron chi connectivity index (χ0n) is 17.0. The van der Waals surface area contributed by atoms with Crippen molar-refractivity contribution in [3.8, 4) is 0 Å². The highest BCUT2D eigenvalue weighted by atomic mass is 32.1. The molecule has 1 unspecified atom stereocenters. The van der Waals surface area contributed by atoms with E-state index in [2.05, 4.69) is 46.3 Å². The van der Waals surface area contributed by atoms with Crippen LogP contribution in [0.25, 0.3) is 0 Å². The number of aryl methyl sites for hydroxylation is 1. The number of thiophene rings is 1. The molecule has 30 heavy (non-hydrogen) atoms. The lowest BCUT2D eigenvalue weighted by Gasteiger charge is -2.32. The summed E-state index contributed by atoms with van der Waals surface area (Å²) >= 11 is 1.70. The van der Waals surface area contributed by atoms with E-state index in [1.165, 1.54) is 20.9 Å². The SMILES string of the molecule is Cc1ccc(NC(=O)C(=O)NC[C@@H](c2cccs2)[NH+]2CCc3ccccc3C2)cc1. The highest BCUT2D eigenvalue weighted by molar-refractivity contribution is 7.10. The van der Waals surface area contributed by atoms with Gasteiger partial charge in [-0.25, -0.2) is 0 Å². The van der Waals surface area contributed by atoms with Crippen molar-refractivity contribution in [2.75, 3.05) is 18.4 Å². The van der Waals surface area contributed by atoms with Crippen LogP contribution in [0.1, 0.15) is 27.6 Å². The monoisotopic (exact) mass is 420 g/mol. The van der Waals surface area contributed by atoms with Crippen LogP contribution in [-0.2, 0) is 22.6 Å². The summed E-state index contributed by atoms with van der Waals surface area (Å²) in [5.41, 5.74) is 4.49. The summed E-state index contributed by atoms with van der Waals surface area (Å²) in [5, 5.41) is 7.58. The Kier molecular flexibility index (Phi) is 6.26. The molecule has 1 aliphatic rings. The maximum atomic E-state index is 12.4. The third-order valence-corrected chi connectivity index (χ3v) is 6.60. The smallest absolute Gasteiger partial charge is 0.313 e. The van der Waals surface area contributed by atoms with Gasteiger partial charge in [0.2, 0.25) is 0 Å². The van der Waals surface area contributed by atoms with Crippen LogP contribution in [0.15, 0.2) is 66.0 Å². The van der Waals surface area contributed by atoms with E-state index in [1.807, 2.05) is 25.1 Å². The van der Waals surface area contributed by atoms with Crippen LogP contribution in [0, 0.1) is 6.92 Å². The Labute approximate surface area is 180 Å². The number of amides is 2. The van der Waals surface area contributed by atoms with E-state index in [-0.39, 0.29) is 6.04 Å². The molecule has 2 heterocycles. The number of carbonyl (C=O) groups is 2. The van der Waals surface area contributed by atoms with Crippen molar-refractivity contribution in [1.29, 1.82) is 0 Å². The largest absolute Gasteiger partial charge is 0.341 e. The summed E-state index contributed by atoms with van der Waals surface area (Å²) in [4.78, 5) is 27.4. The molecule has 2 atom stereocenters. The first-order valence-electron chi connectivity index (χ1n) is 10.2. The van der Waals surface area contributed by atoms with E-state index in [1.54, 1.807) is 23.5 Å². The van der Waals surface area contributed by atoms with Crippen LogP contribution in [0.3, 0.4) is 0 Å². The van der Waals surface area contributed by atoms with Crippen LogP contribution in [0.2, 0.25) is 0 Å². The van der Waals surface area contributed by atoms with Gasteiger partial charge in [0.15, 0.2) is 0 Å². The predicted octanol–water partition coefficient (Wildman–Crippen LogP) is 2.49. The molecule has 3 aromatic rings. The minimum absolute atomic E-state index is 0.120. The zero-order chi connectivity index (χ0) is 20.9. The highest BCUT2D eigenvalue weighted by Gasteiger charge is 2.30. The molecule has 1 aliphatic heterocycles. The van der Waals surface area contributed by atoms with E-state index >= 15 is 0 Å². The third kappa shape index (κ3) is 4.78. The molecular formula is C24H26N3O2S+. The van der Waals surface area contributed by atoms with Gasteiger partial charge in [0.1, 0.15) is 12.6 Å². The Bertz CT molecular complexity index is 1020. The van der Waals surface area contributed by atoms with Gasteiger partial charge in [0, 0.05) is 17.7 Å². The molecule has 1 aromatic heterocycles. The minimum atomic E-state index is -0.636. The molecular weight excluding hydrogens is 394 g/mol. The lowest BCUT2D eigenvalue weighted by atomic mass is 9.98. The van der Waals surface area contributed by atoms with Crippen molar-refractivity contribution < 1.29 is 14.5 Å². The Morgan fingerprint density at radius 3 is 2.50 bits per heavy atom. The normalized spacial score (nSPS) is 16.4. The van der Waals surface area contributed by atoms with Crippen molar-refractivity contribution in [3.05, 3.63) is 87.6 Å². The summed E-state index contributed by atoms with van der Waals surface area (Å²) in [5.74, 6) is -1.24. The number of anilines is 1. The van der Waals surface area contributed by atoms with Gasteiger partial charge in [-0.3, -0.25) is 9.59 Å². The molecule has 6 heteroatoms. The molecule has 0 aliphatic carbocycles. The number of hydrogen-bond acceptors (Lipinski definition) is 3. The summed E-state index contributed by atoms with van der Waals surface area (Å²) in [6.45, 7) is 4.33. The van der Waals surface area contributed by atoms with Gasteiger partial charge in [-0.15, -0.1) is 11.3 Å². The van der Waals surface area contributed by atoms with Gasteiger partial charge in [0.05, 0.1) is 18.0 Å². The number of hydrogen-bond donors (Lipinski definition) is 3. The number of carbonyl (C=O) groups excluding carboxylic acids is 2. The van der Waals surface area contributed by atoms with E-state index < -0.39 is 11.8 Å². The second-order valence-electron chi connectivity index (χ2n) is 7.70. The second-order valence-corrected chi connectivity index (χ2v) is 8.68. The van der Waals surface area contributed by atoms with Crippen LogP contribution in [-0.4, -0.2) is 24.9 Å². The topological polar surface area (TPSA) is 62.6 Å². The van der Waals surface area contributed by atoms with Gasteiger partial charge >= 0.3 is 11.8 Å². The first kappa shape index (κ1) is 20.3. The van der Waals surface area contributed by atoms with Crippen molar-refractivity contribution >= 4 is 28.8 Å². The molecule has 0 saturated heterocycles. The fourth-order valence-corrected chi connectivity index (χ4v) is 4.82. The van der Waals surface area contributed by atoms with Crippen molar-refractivity contribution in [2.45, 2.75) is 25.9 Å². The standard InChI is InChI=1S/C24H25N3O2S/c1-17-8-10-20(11-9-17)26-24(29)23(28)25-15-21(22-7-4-14-30-22)27-13-12-18-5-2-3-6-19(18)16-27/h2-11,14,21H,12-13,15-16H2,1H3,(H,25,28)(H,26,29)/p+1/t21-/m0/s1. The summed E-state index contributed by atoms with van der Waals surface area (Å²) in [6, 6.07) is 20.2. The molecule has 5 nitrogen and oxygen atoms in total. The van der Waals surface area contributed by atoms with Crippen molar-refractivity contribution in [2.24, 2.45) is 0 Å². The van der Waals surface area contributed by atoms with E-state index in [0.29, 0.717) is 12.2 Å². The zero-order valence-corrected chi connectivity index (χ0v) is 17.8. The Balaban J connectivity index is 1.41. The van der Waals surface area contributed by atoms with Crippen LogP contribution < -0.4 is 15.5 Å². The maximum Gasteiger partial charge on any atom is 0.313 e. The van der Waals surface area contributed by atoms with Gasteiger partial charge in [0.25, 0.3) is 0 Å². The second kappa shape index (κ2) is 9.24. The number of benzene rings is 2. The predicted molar refractivity (Wildman–Crippen MR) is 120 cm³/mol. The van der Waals surface area contributed by atoms with Crippen LogP contribution in [0.4, 0.5) is 5.69 Å². The average Bonchev–Trinajstić information content (AvgIpc) is 3.30. The van der Waals surface area contributed by atoms with Crippen LogP contribution >= 0.6 is 11.3 Å². The molecule has 2 aromatic carbocycles. The quantitative estimate of drug-likeness (QED) is 0.556.